The van der Waals surface area contributed by atoms with E-state index in [0.29, 0.717) is 22.5 Å². The van der Waals surface area contributed by atoms with E-state index in [0.717, 1.165) is 0 Å². The van der Waals surface area contributed by atoms with E-state index in [1.807, 2.05) is 0 Å². The fourth-order valence-corrected chi connectivity index (χ4v) is 1.74. The Balaban J connectivity index is 2.03. The van der Waals surface area contributed by atoms with Gasteiger partial charge in [-0.25, -0.2) is 4.39 Å². The zero-order valence-electron chi connectivity index (χ0n) is 8.98. The van der Waals surface area contributed by atoms with Crippen molar-refractivity contribution < 1.29 is 4.39 Å². The van der Waals surface area contributed by atoms with Gasteiger partial charge in [-0.1, -0.05) is 0 Å². The SMILES string of the molecule is Fc1ccc(Nc2nc(Cl)nc3[nH]ncc23)cc1. The van der Waals surface area contributed by atoms with Crippen molar-refractivity contribution in [3.8, 4) is 0 Å². The lowest BCUT2D eigenvalue weighted by atomic mass is 10.3. The molecule has 0 fully saturated rings. The van der Waals surface area contributed by atoms with Crippen LogP contribution in [0.5, 0.6) is 0 Å². The second kappa shape index (κ2) is 4.23. The number of H-pyrrole nitrogens is 1. The van der Waals surface area contributed by atoms with Crippen molar-refractivity contribution >= 4 is 34.1 Å². The zero-order chi connectivity index (χ0) is 12.5. The lowest BCUT2D eigenvalue weighted by Crippen LogP contribution is -1.96. The molecule has 1 aromatic carbocycles. The number of anilines is 2. The summed E-state index contributed by atoms with van der Waals surface area (Å²) in [5, 5.41) is 10.4. The molecular formula is C11H7ClFN5. The highest BCUT2D eigenvalue weighted by Crippen LogP contribution is 2.23. The van der Waals surface area contributed by atoms with Gasteiger partial charge in [0.15, 0.2) is 5.65 Å². The maximum atomic E-state index is 12.8. The topological polar surface area (TPSA) is 66.5 Å². The molecule has 0 atom stereocenters. The molecule has 0 aliphatic heterocycles. The quantitative estimate of drug-likeness (QED) is 0.698. The van der Waals surface area contributed by atoms with Crippen molar-refractivity contribution in [2.24, 2.45) is 0 Å². The zero-order valence-corrected chi connectivity index (χ0v) is 9.74. The standard InChI is InChI=1S/C11H7ClFN5/c12-11-16-9(8-5-14-18-10(8)17-11)15-7-3-1-6(13)2-4-7/h1-5H,(H2,14,15,16,17,18). The van der Waals surface area contributed by atoms with Gasteiger partial charge in [0.05, 0.1) is 11.6 Å². The molecule has 0 unspecified atom stereocenters. The Labute approximate surface area is 106 Å². The molecule has 0 saturated carbocycles. The van der Waals surface area contributed by atoms with E-state index < -0.39 is 0 Å². The molecule has 0 bridgehead atoms. The van der Waals surface area contributed by atoms with E-state index in [4.69, 9.17) is 11.6 Å². The highest BCUT2D eigenvalue weighted by Gasteiger charge is 2.08. The minimum atomic E-state index is -0.297. The van der Waals surface area contributed by atoms with Gasteiger partial charge >= 0.3 is 0 Å². The van der Waals surface area contributed by atoms with Crippen LogP contribution in [0.4, 0.5) is 15.9 Å². The Bertz CT molecular complexity index is 694. The summed E-state index contributed by atoms with van der Waals surface area (Å²) in [6.07, 6.45) is 1.59. The van der Waals surface area contributed by atoms with Crippen LogP contribution < -0.4 is 5.32 Å². The first-order valence-electron chi connectivity index (χ1n) is 5.11. The van der Waals surface area contributed by atoms with Gasteiger partial charge in [0.1, 0.15) is 11.6 Å². The molecule has 0 radical (unpaired) electrons. The third-order valence-corrected chi connectivity index (χ3v) is 2.56. The third kappa shape index (κ3) is 1.98. The molecule has 3 rings (SSSR count). The van der Waals surface area contributed by atoms with Gasteiger partial charge in [-0.2, -0.15) is 15.1 Å². The first-order chi connectivity index (χ1) is 8.72. The Morgan fingerprint density at radius 1 is 1.17 bits per heavy atom. The number of hydrogen-bond acceptors (Lipinski definition) is 4. The number of aromatic amines is 1. The molecule has 0 aliphatic rings. The highest BCUT2D eigenvalue weighted by atomic mass is 35.5. The lowest BCUT2D eigenvalue weighted by Gasteiger charge is -2.06. The smallest absolute Gasteiger partial charge is 0.226 e. The van der Waals surface area contributed by atoms with Crippen LogP contribution in [0.2, 0.25) is 5.28 Å². The van der Waals surface area contributed by atoms with Crippen LogP contribution in [0.15, 0.2) is 30.5 Å². The summed E-state index contributed by atoms with van der Waals surface area (Å²) in [4.78, 5) is 8.07. The first kappa shape index (κ1) is 10.9. The average molecular weight is 264 g/mol. The fourth-order valence-electron chi connectivity index (χ4n) is 1.57. The number of fused-ring (bicyclic) bond motifs is 1. The molecule has 0 amide bonds. The number of nitrogens with one attached hydrogen (secondary N) is 2. The fraction of sp³-hybridized carbons (Fsp3) is 0. The molecule has 2 N–H and O–H groups in total. The van der Waals surface area contributed by atoms with Crippen LogP contribution in [-0.2, 0) is 0 Å². The third-order valence-electron chi connectivity index (χ3n) is 2.39. The van der Waals surface area contributed by atoms with Gasteiger partial charge < -0.3 is 5.32 Å². The van der Waals surface area contributed by atoms with Crippen molar-refractivity contribution in [2.75, 3.05) is 5.32 Å². The molecule has 0 aliphatic carbocycles. The molecule has 2 aromatic heterocycles. The van der Waals surface area contributed by atoms with Crippen molar-refractivity contribution in [3.63, 3.8) is 0 Å². The number of aromatic nitrogens is 4. The minimum absolute atomic E-state index is 0.108. The molecule has 7 heteroatoms. The predicted molar refractivity (Wildman–Crippen MR) is 66.4 cm³/mol. The molecule has 0 spiro atoms. The van der Waals surface area contributed by atoms with Crippen molar-refractivity contribution in [1.29, 1.82) is 0 Å². The number of nitrogens with zero attached hydrogens (tertiary/aromatic N) is 3. The highest BCUT2D eigenvalue weighted by molar-refractivity contribution is 6.28. The summed E-state index contributed by atoms with van der Waals surface area (Å²) in [6, 6.07) is 5.93. The maximum absolute atomic E-state index is 12.8. The Hall–Kier alpha value is -2.21. The Morgan fingerprint density at radius 3 is 2.72 bits per heavy atom. The number of benzene rings is 1. The summed E-state index contributed by atoms with van der Waals surface area (Å²) in [5.74, 6) is 0.222. The summed E-state index contributed by atoms with van der Waals surface area (Å²) >= 11 is 5.80. The number of rotatable bonds is 2. The summed E-state index contributed by atoms with van der Waals surface area (Å²) in [5.41, 5.74) is 1.24. The average Bonchev–Trinajstić information content (AvgIpc) is 2.80. The van der Waals surface area contributed by atoms with Crippen LogP contribution in [0, 0.1) is 5.82 Å². The van der Waals surface area contributed by atoms with E-state index in [-0.39, 0.29) is 11.1 Å². The van der Waals surface area contributed by atoms with Gasteiger partial charge in [-0.3, -0.25) is 5.10 Å². The summed E-state index contributed by atoms with van der Waals surface area (Å²) in [6.45, 7) is 0. The second-order valence-electron chi connectivity index (χ2n) is 3.61. The second-order valence-corrected chi connectivity index (χ2v) is 3.94. The number of hydrogen-bond donors (Lipinski definition) is 2. The van der Waals surface area contributed by atoms with E-state index >= 15 is 0 Å². The van der Waals surface area contributed by atoms with E-state index in [9.17, 15) is 4.39 Å². The van der Waals surface area contributed by atoms with Crippen molar-refractivity contribution in [2.45, 2.75) is 0 Å². The van der Waals surface area contributed by atoms with Gasteiger partial charge in [0.25, 0.3) is 0 Å². The van der Waals surface area contributed by atoms with Gasteiger partial charge in [0, 0.05) is 5.69 Å². The summed E-state index contributed by atoms with van der Waals surface area (Å²) in [7, 11) is 0. The van der Waals surface area contributed by atoms with E-state index in [1.165, 1.54) is 12.1 Å². The molecule has 3 aromatic rings. The lowest BCUT2D eigenvalue weighted by molar-refractivity contribution is 0.628. The van der Waals surface area contributed by atoms with Gasteiger partial charge in [-0.15, -0.1) is 0 Å². The Morgan fingerprint density at radius 2 is 1.94 bits per heavy atom. The summed E-state index contributed by atoms with van der Waals surface area (Å²) < 4.78 is 12.8. The van der Waals surface area contributed by atoms with Gasteiger partial charge in [0.2, 0.25) is 5.28 Å². The Kier molecular flexibility index (Phi) is 2.56. The van der Waals surface area contributed by atoms with Crippen LogP contribution >= 0.6 is 11.6 Å². The molecule has 18 heavy (non-hydrogen) atoms. The largest absolute Gasteiger partial charge is 0.339 e. The van der Waals surface area contributed by atoms with Crippen LogP contribution in [-0.4, -0.2) is 20.2 Å². The van der Waals surface area contributed by atoms with E-state index in [1.54, 1.807) is 18.3 Å². The van der Waals surface area contributed by atoms with Crippen LogP contribution in [0.25, 0.3) is 11.0 Å². The molecular weight excluding hydrogens is 257 g/mol. The molecule has 5 nitrogen and oxygen atoms in total. The van der Waals surface area contributed by atoms with Crippen LogP contribution in [0.1, 0.15) is 0 Å². The monoisotopic (exact) mass is 263 g/mol. The first-order valence-corrected chi connectivity index (χ1v) is 5.49. The molecule has 90 valence electrons. The van der Waals surface area contributed by atoms with E-state index in [2.05, 4.69) is 25.5 Å². The minimum Gasteiger partial charge on any atom is -0.339 e. The predicted octanol–water partition coefficient (Wildman–Crippen LogP) is 2.89. The molecule has 0 saturated heterocycles. The van der Waals surface area contributed by atoms with Crippen LogP contribution in [0.3, 0.4) is 0 Å². The normalized spacial score (nSPS) is 10.8. The number of halogens is 2. The van der Waals surface area contributed by atoms with Crippen molar-refractivity contribution in [1.82, 2.24) is 20.2 Å². The molecule has 2 heterocycles. The van der Waals surface area contributed by atoms with Crippen molar-refractivity contribution in [3.05, 3.63) is 41.6 Å². The van der Waals surface area contributed by atoms with Gasteiger partial charge in [-0.05, 0) is 35.9 Å². The maximum Gasteiger partial charge on any atom is 0.226 e.